The van der Waals surface area contributed by atoms with Gasteiger partial charge in [-0.25, -0.2) is 0 Å². The molecule has 0 amide bonds. The van der Waals surface area contributed by atoms with Crippen molar-refractivity contribution in [1.29, 1.82) is 0 Å². The van der Waals surface area contributed by atoms with Crippen molar-refractivity contribution in [2.75, 3.05) is 6.54 Å². The SMILES string of the molecule is CCNC1c2cc(C(C)(C)C)ccc2C(C)C1C. The second-order valence-electron chi connectivity index (χ2n) is 6.78. The molecule has 2 rings (SSSR count). The molecule has 0 aromatic heterocycles. The number of rotatable bonds is 2. The highest BCUT2D eigenvalue weighted by Crippen LogP contribution is 2.45. The molecule has 1 aliphatic rings. The second-order valence-corrected chi connectivity index (χ2v) is 6.78. The Morgan fingerprint density at radius 3 is 2.33 bits per heavy atom. The van der Waals surface area contributed by atoms with Gasteiger partial charge in [-0.2, -0.15) is 0 Å². The lowest BCUT2D eigenvalue weighted by atomic mass is 9.85. The van der Waals surface area contributed by atoms with E-state index in [2.05, 4.69) is 65.1 Å². The molecule has 1 heteroatoms. The molecule has 0 radical (unpaired) electrons. The van der Waals surface area contributed by atoms with Crippen LogP contribution < -0.4 is 5.32 Å². The van der Waals surface area contributed by atoms with Crippen LogP contribution in [0.1, 0.15) is 70.2 Å². The highest BCUT2D eigenvalue weighted by Gasteiger charge is 2.35. The minimum atomic E-state index is 0.237. The fourth-order valence-electron chi connectivity index (χ4n) is 3.10. The van der Waals surface area contributed by atoms with Gasteiger partial charge in [0.05, 0.1) is 0 Å². The normalized spacial score (nSPS) is 27.3. The van der Waals surface area contributed by atoms with Crippen LogP contribution in [-0.2, 0) is 5.41 Å². The van der Waals surface area contributed by atoms with Crippen molar-refractivity contribution in [1.82, 2.24) is 5.32 Å². The summed E-state index contributed by atoms with van der Waals surface area (Å²) in [5.41, 5.74) is 4.76. The first-order valence-electron chi connectivity index (χ1n) is 7.24. The maximum absolute atomic E-state index is 3.66. The zero-order valence-corrected chi connectivity index (χ0v) is 12.7. The van der Waals surface area contributed by atoms with Crippen LogP contribution >= 0.6 is 0 Å². The molecule has 1 aliphatic carbocycles. The van der Waals surface area contributed by atoms with E-state index in [1.807, 2.05) is 0 Å². The Balaban J connectivity index is 2.45. The number of hydrogen-bond acceptors (Lipinski definition) is 1. The molecular formula is C17H27N. The average Bonchev–Trinajstić information content (AvgIpc) is 2.53. The first-order valence-corrected chi connectivity index (χ1v) is 7.24. The third-order valence-electron chi connectivity index (χ3n) is 4.52. The Kier molecular flexibility index (Phi) is 3.55. The van der Waals surface area contributed by atoms with Crippen molar-refractivity contribution < 1.29 is 0 Å². The topological polar surface area (TPSA) is 12.0 Å². The maximum Gasteiger partial charge on any atom is 0.0354 e. The number of hydrogen-bond donors (Lipinski definition) is 1. The molecule has 1 aromatic rings. The fraction of sp³-hybridized carbons (Fsp3) is 0.647. The second kappa shape index (κ2) is 4.70. The fourth-order valence-corrected chi connectivity index (χ4v) is 3.10. The van der Waals surface area contributed by atoms with Crippen LogP contribution in [0.2, 0.25) is 0 Å². The van der Waals surface area contributed by atoms with E-state index in [4.69, 9.17) is 0 Å². The van der Waals surface area contributed by atoms with Crippen LogP contribution in [0.15, 0.2) is 18.2 Å². The molecule has 3 unspecified atom stereocenters. The summed E-state index contributed by atoms with van der Waals surface area (Å²) in [6, 6.07) is 7.63. The Morgan fingerprint density at radius 1 is 1.11 bits per heavy atom. The van der Waals surface area contributed by atoms with Gasteiger partial charge in [0.15, 0.2) is 0 Å². The van der Waals surface area contributed by atoms with Gasteiger partial charge in [0.2, 0.25) is 0 Å². The summed E-state index contributed by atoms with van der Waals surface area (Å²) in [6.45, 7) is 14.8. The summed E-state index contributed by atoms with van der Waals surface area (Å²) < 4.78 is 0. The van der Waals surface area contributed by atoms with Gasteiger partial charge in [0.25, 0.3) is 0 Å². The first kappa shape index (κ1) is 13.6. The van der Waals surface area contributed by atoms with Crippen molar-refractivity contribution in [3.63, 3.8) is 0 Å². The first-order chi connectivity index (χ1) is 8.36. The molecule has 3 atom stereocenters. The van der Waals surface area contributed by atoms with Crippen molar-refractivity contribution in [2.24, 2.45) is 5.92 Å². The molecule has 0 saturated carbocycles. The molecule has 0 saturated heterocycles. The van der Waals surface area contributed by atoms with Gasteiger partial charge in [0.1, 0.15) is 0 Å². The summed E-state index contributed by atoms with van der Waals surface area (Å²) in [4.78, 5) is 0. The highest BCUT2D eigenvalue weighted by molar-refractivity contribution is 5.43. The Bertz CT molecular complexity index is 428. The average molecular weight is 245 g/mol. The Morgan fingerprint density at radius 2 is 1.78 bits per heavy atom. The lowest BCUT2D eigenvalue weighted by molar-refractivity contribution is 0.386. The third-order valence-corrected chi connectivity index (χ3v) is 4.52. The summed E-state index contributed by atoms with van der Waals surface area (Å²) in [5, 5.41) is 3.66. The monoisotopic (exact) mass is 245 g/mol. The number of nitrogens with one attached hydrogen (secondary N) is 1. The molecule has 18 heavy (non-hydrogen) atoms. The van der Waals surface area contributed by atoms with E-state index in [0.717, 1.165) is 6.54 Å². The van der Waals surface area contributed by atoms with Crippen molar-refractivity contribution in [2.45, 2.75) is 58.9 Å². The van der Waals surface area contributed by atoms with Crippen LogP contribution in [0.3, 0.4) is 0 Å². The van der Waals surface area contributed by atoms with Gasteiger partial charge in [-0.05, 0) is 40.5 Å². The van der Waals surface area contributed by atoms with E-state index < -0.39 is 0 Å². The summed E-state index contributed by atoms with van der Waals surface area (Å²) in [5.74, 6) is 1.35. The van der Waals surface area contributed by atoms with E-state index in [-0.39, 0.29) is 5.41 Å². The molecular weight excluding hydrogens is 218 g/mol. The molecule has 1 nitrogen and oxygen atoms in total. The van der Waals surface area contributed by atoms with Gasteiger partial charge in [-0.3, -0.25) is 0 Å². The van der Waals surface area contributed by atoms with E-state index >= 15 is 0 Å². The number of fused-ring (bicyclic) bond motifs is 1. The summed E-state index contributed by atoms with van der Waals surface area (Å²) in [6.07, 6.45) is 0. The van der Waals surface area contributed by atoms with Gasteiger partial charge in [-0.15, -0.1) is 0 Å². The minimum absolute atomic E-state index is 0.237. The van der Waals surface area contributed by atoms with Gasteiger partial charge in [0, 0.05) is 6.04 Å². The smallest absolute Gasteiger partial charge is 0.0354 e. The van der Waals surface area contributed by atoms with E-state index in [0.29, 0.717) is 17.9 Å². The zero-order chi connectivity index (χ0) is 13.5. The van der Waals surface area contributed by atoms with Crippen LogP contribution in [0.5, 0.6) is 0 Å². The lowest BCUT2D eigenvalue weighted by Crippen LogP contribution is -2.24. The van der Waals surface area contributed by atoms with E-state index in [1.54, 1.807) is 5.56 Å². The summed E-state index contributed by atoms with van der Waals surface area (Å²) >= 11 is 0. The highest BCUT2D eigenvalue weighted by atomic mass is 14.9. The molecule has 1 N–H and O–H groups in total. The quantitative estimate of drug-likeness (QED) is 0.815. The van der Waals surface area contributed by atoms with Crippen LogP contribution in [-0.4, -0.2) is 6.54 Å². The van der Waals surface area contributed by atoms with Crippen LogP contribution in [0.4, 0.5) is 0 Å². The van der Waals surface area contributed by atoms with E-state index in [1.165, 1.54) is 11.1 Å². The third kappa shape index (κ3) is 2.21. The molecule has 1 aromatic carbocycles. The van der Waals surface area contributed by atoms with Crippen molar-refractivity contribution in [3.8, 4) is 0 Å². The maximum atomic E-state index is 3.66. The zero-order valence-electron chi connectivity index (χ0n) is 12.7. The van der Waals surface area contributed by atoms with E-state index in [9.17, 15) is 0 Å². The molecule has 0 spiro atoms. The predicted octanol–water partition coefficient (Wildman–Crippen LogP) is 4.39. The molecule has 0 fully saturated rings. The Labute approximate surface area is 112 Å². The predicted molar refractivity (Wildman–Crippen MR) is 79.1 cm³/mol. The standard InChI is InChI=1S/C17H27N/c1-7-18-16-12(3)11(2)14-9-8-13(10-15(14)16)17(4,5)6/h8-12,16,18H,7H2,1-6H3. The molecule has 0 aliphatic heterocycles. The number of benzene rings is 1. The van der Waals surface area contributed by atoms with Crippen LogP contribution in [0.25, 0.3) is 0 Å². The molecule has 100 valence electrons. The van der Waals surface area contributed by atoms with Crippen molar-refractivity contribution in [3.05, 3.63) is 34.9 Å². The Hall–Kier alpha value is -0.820. The van der Waals surface area contributed by atoms with Crippen molar-refractivity contribution >= 4 is 0 Å². The van der Waals surface area contributed by atoms with Crippen LogP contribution in [0, 0.1) is 5.92 Å². The van der Waals surface area contributed by atoms with Gasteiger partial charge >= 0.3 is 0 Å². The summed E-state index contributed by atoms with van der Waals surface area (Å²) in [7, 11) is 0. The largest absolute Gasteiger partial charge is 0.310 e. The molecule has 0 bridgehead atoms. The lowest BCUT2D eigenvalue weighted by Gasteiger charge is -2.22. The minimum Gasteiger partial charge on any atom is -0.310 e. The van der Waals surface area contributed by atoms with Gasteiger partial charge in [-0.1, -0.05) is 59.7 Å². The van der Waals surface area contributed by atoms with Gasteiger partial charge < -0.3 is 5.32 Å². The molecule has 0 heterocycles.